The van der Waals surface area contributed by atoms with Crippen LogP contribution in [0.5, 0.6) is 16.7 Å². The zero-order valence-electron chi connectivity index (χ0n) is 21.7. The van der Waals surface area contributed by atoms with Crippen molar-refractivity contribution in [1.29, 1.82) is 0 Å². The molecule has 0 aliphatic carbocycles. The molecule has 38 heavy (non-hydrogen) atoms. The Hall–Kier alpha value is -2.80. The average molecular weight is 572 g/mol. The van der Waals surface area contributed by atoms with Crippen molar-refractivity contribution in [1.82, 2.24) is 23.9 Å². The fraction of sp³-hybridized carbons (Fsp3) is 0.423. The van der Waals surface area contributed by atoms with Crippen LogP contribution in [-0.4, -0.2) is 56.4 Å². The Morgan fingerprint density at radius 1 is 1.13 bits per heavy atom. The van der Waals surface area contributed by atoms with E-state index < -0.39 is 0 Å². The van der Waals surface area contributed by atoms with E-state index in [0.29, 0.717) is 51.5 Å². The first-order valence-electron chi connectivity index (χ1n) is 12.5. The summed E-state index contributed by atoms with van der Waals surface area (Å²) in [5, 5.41) is 9.71. The molecule has 1 aliphatic rings. The van der Waals surface area contributed by atoms with Gasteiger partial charge in [0, 0.05) is 41.8 Å². The average Bonchev–Trinajstić information content (AvgIpc) is 3.69. The van der Waals surface area contributed by atoms with Crippen molar-refractivity contribution in [3.8, 4) is 28.1 Å². The van der Waals surface area contributed by atoms with Gasteiger partial charge >= 0.3 is 0 Å². The van der Waals surface area contributed by atoms with Gasteiger partial charge in [-0.1, -0.05) is 25.8 Å². The second kappa shape index (κ2) is 10.8. The molecule has 0 saturated carbocycles. The highest BCUT2D eigenvalue weighted by atomic mass is 32.2. The van der Waals surface area contributed by atoms with Crippen LogP contribution in [0.4, 0.5) is 0 Å². The summed E-state index contributed by atoms with van der Waals surface area (Å²) < 4.78 is 27.3. The van der Waals surface area contributed by atoms with E-state index >= 15 is 0 Å². The minimum absolute atomic E-state index is 0.380. The van der Waals surface area contributed by atoms with E-state index in [1.165, 1.54) is 16.3 Å². The quantitative estimate of drug-likeness (QED) is 0.184. The molecule has 0 N–H and O–H groups in total. The normalized spacial score (nSPS) is 15.2. The summed E-state index contributed by atoms with van der Waals surface area (Å²) in [5.41, 5.74) is 2.30. The third kappa shape index (κ3) is 5.22. The van der Waals surface area contributed by atoms with E-state index in [4.69, 9.17) is 23.6 Å². The summed E-state index contributed by atoms with van der Waals surface area (Å²) in [6.45, 7) is 7.10. The number of methoxy groups -OCH3 is 2. The molecule has 0 amide bonds. The van der Waals surface area contributed by atoms with Gasteiger partial charge in [0.2, 0.25) is 4.96 Å². The number of imidazole rings is 1. The van der Waals surface area contributed by atoms with Gasteiger partial charge in [-0.3, -0.25) is 4.31 Å². The molecule has 6 rings (SSSR count). The van der Waals surface area contributed by atoms with Gasteiger partial charge in [0.05, 0.1) is 36.5 Å². The lowest BCUT2D eigenvalue weighted by molar-refractivity contribution is 0.302. The maximum Gasteiger partial charge on any atom is 0.294 e. The van der Waals surface area contributed by atoms with Crippen molar-refractivity contribution in [3.63, 3.8) is 0 Å². The monoisotopic (exact) mass is 571 g/mol. The number of piperidine rings is 1. The molecule has 200 valence electrons. The van der Waals surface area contributed by atoms with Crippen LogP contribution in [0.3, 0.4) is 0 Å². The Kier molecular flexibility index (Phi) is 7.21. The molecule has 9 nitrogen and oxygen atoms in total. The van der Waals surface area contributed by atoms with Gasteiger partial charge in [0.1, 0.15) is 29.4 Å². The molecule has 0 spiro atoms. The predicted octanol–water partition coefficient (Wildman–Crippen LogP) is 6.49. The van der Waals surface area contributed by atoms with Gasteiger partial charge < -0.3 is 18.6 Å². The van der Waals surface area contributed by atoms with Crippen molar-refractivity contribution in [2.45, 2.75) is 44.5 Å². The molecular formula is C26H29N5O4S3. The molecular weight excluding hydrogens is 543 g/mol. The maximum atomic E-state index is 6.27. The summed E-state index contributed by atoms with van der Waals surface area (Å²) in [7, 11) is 3.23. The van der Waals surface area contributed by atoms with Crippen molar-refractivity contribution in [2.24, 2.45) is 0 Å². The molecule has 0 unspecified atom stereocenters. The fourth-order valence-electron chi connectivity index (χ4n) is 4.56. The molecule has 12 heteroatoms. The summed E-state index contributed by atoms with van der Waals surface area (Å²) in [6.07, 6.45) is 4.12. The zero-order valence-corrected chi connectivity index (χ0v) is 24.1. The van der Waals surface area contributed by atoms with Gasteiger partial charge in [-0.2, -0.15) is 0 Å². The van der Waals surface area contributed by atoms with Crippen LogP contribution in [-0.2, 0) is 6.61 Å². The van der Waals surface area contributed by atoms with Crippen LogP contribution >= 0.6 is 34.6 Å². The van der Waals surface area contributed by atoms with Crippen LogP contribution < -0.4 is 14.2 Å². The lowest BCUT2D eigenvalue weighted by Crippen LogP contribution is -2.28. The highest BCUT2D eigenvalue weighted by molar-refractivity contribution is 7.97. The minimum Gasteiger partial charge on any atom is -0.496 e. The van der Waals surface area contributed by atoms with Crippen LogP contribution in [0.2, 0.25) is 0 Å². The number of hydrogen-bond donors (Lipinski definition) is 0. The van der Waals surface area contributed by atoms with Crippen molar-refractivity contribution < 1.29 is 18.6 Å². The molecule has 0 atom stereocenters. The van der Waals surface area contributed by atoms with E-state index in [-0.39, 0.29) is 0 Å². The second-order valence-corrected chi connectivity index (χ2v) is 12.9. The van der Waals surface area contributed by atoms with Gasteiger partial charge in [-0.25, -0.2) is 14.5 Å². The number of fused-ring (bicyclic) bond motifs is 2. The number of hydrogen-bond acceptors (Lipinski definition) is 11. The molecule has 0 radical (unpaired) electrons. The molecule has 1 fully saturated rings. The Bertz CT molecular complexity index is 1520. The first-order valence-corrected chi connectivity index (χ1v) is 15.0. The van der Waals surface area contributed by atoms with Crippen LogP contribution in [0, 0.1) is 0 Å². The van der Waals surface area contributed by atoms with Crippen molar-refractivity contribution in [2.75, 3.05) is 27.3 Å². The third-order valence-corrected chi connectivity index (χ3v) is 9.39. The summed E-state index contributed by atoms with van der Waals surface area (Å²) in [6, 6.07) is 5.69. The number of benzene rings is 1. The van der Waals surface area contributed by atoms with E-state index in [1.807, 2.05) is 36.3 Å². The van der Waals surface area contributed by atoms with Gasteiger partial charge in [0.15, 0.2) is 5.76 Å². The molecule has 0 bridgehead atoms. The maximum absolute atomic E-state index is 6.27. The minimum atomic E-state index is 0.380. The molecule has 1 aliphatic heterocycles. The van der Waals surface area contributed by atoms with E-state index in [9.17, 15) is 0 Å². The van der Waals surface area contributed by atoms with Crippen LogP contribution in [0.15, 0.2) is 34.2 Å². The second-order valence-electron chi connectivity index (χ2n) is 9.40. The molecule has 1 aromatic carbocycles. The van der Waals surface area contributed by atoms with Gasteiger partial charge in [-0.05, 0) is 30.2 Å². The van der Waals surface area contributed by atoms with Crippen molar-refractivity contribution >= 4 is 50.6 Å². The lowest BCUT2D eigenvalue weighted by Gasteiger charge is -2.31. The number of rotatable bonds is 9. The molecule has 5 heterocycles. The number of ether oxygens (including phenoxy) is 3. The third-order valence-electron chi connectivity index (χ3n) is 6.37. The number of furan rings is 1. The summed E-state index contributed by atoms with van der Waals surface area (Å²) in [4.78, 5) is 10.3. The van der Waals surface area contributed by atoms with E-state index in [2.05, 4.69) is 33.6 Å². The van der Waals surface area contributed by atoms with Gasteiger partial charge in [0.25, 0.3) is 5.19 Å². The summed E-state index contributed by atoms with van der Waals surface area (Å²) >= 11 is 5.07. The SMILES string of the molecule is COc1cc(OCc2csc(C3CCN(SC(C)C)CC3)n2)c2cc(-c3cn4nc(OC)sc4n3)oc2c1. The van der Waals surface area contributed by atoms with Crippen LogP contribution in [0.25, 0.3) is 27.4 Å². The Morgan fingerprint density at radius 2 is 1.97 bits per heavy atom. The van der Waals surface area contributed by atoms with E-state index in [1.54, 1.807) is 30.1 Å². The zero-order chi connectivity index (χ0) is 26.2. The van der Waals surface area contributed by atoms with Gasteiger partial charge in [-0.15, -0.1) is 16.4 Å². The predicted molar refractivity (Wildman–Crippen MR) is 152 cm³/mol. The largest absolute Gasteiger partial charge is 0.496 e. The van der Waals surface area contributed by atoms with Crippen molar-refractivity contribution in [3.05, 3.63) is 40.5 Å². The molecule has 4 aromatic heterocycles. The lowest BCUT2D eigenvalue weighted by atomic mass is 9.99. The highest BCUT2D eigenvalue weighted by Crippen LogP contribution is 2.38. The highest BCUT2D eigenvalue weighted by Gasteiger charge is 2.24. The fourth-order valence-corrected chi connectivity index (χ4v) is 7.26. The van der Waals surface area contributed by atoms with E-state index in [0.717, 1.165) is 42.0 Å². The molecule has 5 aromatic rings. The Labute approximate surface area is 232 Å². The number of nitrogens with zero attached hydrogens (tertiary/aromatic N) is 5. The standard InChI is InChI=1S/C26H29N5O4S3/c1-15(2)38-30-7-5-16(6-8-30)24-27-17(14-36-24)13-34-21-9-18(32-3)10-22-19(21)11-23(35-22)20-12-31-25(28-20)37-26(29-31)33-4/h9-12,14-16H,5-8,13H2,1-4H3. The number of aromatic nitrogens is 4. The number of thiazole rings is 1. The molecule has 1 saturated heterocycles. The topological polar surface area (TPSA) is 87.2 Å². The smallest absolute Gasteiger partial charge is 0.294 e. The van der Waals surface area contributed by atoms with Crippen LogP contribution in [0.1, 0.15) is 43.3 Å². The summed E-state index contributed by atoms with van der Waals surface area (Å²) in [5.74, 6) is 2.50. The first-order chi connectivity index (χ1) is 18.5. The Morgan fingerprint density at radius 3 is 2.71 bits per heavy atom. The first kappa shape index (κ1) is 25.5. The Balaban J connectivity index is 1.18.